The van der Waals surface area contributed by atoms with Gasteiger partial charge in [-0.25, -0.2) is 0 Å². The molecular weight excluding hydrogens is 338 g/mol. The topological polar surface area (TPSA) is 55.4 Å². The predicted molar refractivity (Wildman–Crippen MR) is 99.2 cm³/mol. The number of ketones is 1. The van der Waals surface area contributed by atoms with E-state index in [0.717, 1.165) is 5.56 Å². The van der Waals surface area contributed by atoms with Crippen molar-refractivity contribution in [3.05, 3.63) is 64.7 Å². The fraction of sp³-hybridized carbons (Fsp3) is 0.200. The number of fused-ring (bicyclic) bond motifs is 1. The van der Waals surface area contributed by atoms with Crippen LogP contribution in [0.5, 0.6) is 5.75 Å². The summed E-state index contributed by atoms with van der Waals surface area (Å²) >= 11 is 5.83. The Hall–Kier alpha value is -2.59. The maximum absolute atomic E-state index is 12.3. The molecule has 2 aromatic rings. The minimum absolute atomic E-state index is 0.0130. The summed E-state index contributed by atoms with van der Waals surface area (Å²) in [6, 6.07) is 12.3. The first-order valence-electron chi connectivity index (χ1n) is 7.93. The third kappa shape index (κ3) is 4.28. The van der Waals surface area contributed by atoms with E-state index in [0.29, 0.717) is 28.4 Å². The molecule has 1 aliphatic heterocycles. The van der Waals surface area contributed by atoms with Crippen LogP contribution in [0.15, 0.2) is 48.5 Å². The van der Waals surface area contributed by atoms with Gasteiger partial charge < -0.3 is 10.1 Å². The zero-order valence-corrected chi connectivity index (χ0v) is 14.8. The van der Waals surface area contributed by atoms with Crippen molar-refractivity contribution in [3.63, 3.8) is 0 Å². The number of halogens is 1. The molecule has 5 heteroatoms. The Morgan fingerprint density at radius 3 is 2.64 bits per heavy atom. The van der Waals surface area contributed by atoms with Crippen LogP contribution in [-0.4, -0.2) is 17.3 Å². The molecule has 0 aromatic heterocycles. The summed E-state index contributed by atoms with van der Waals surface area (Å²) in [5.41, 5.74) is 1.42. The molecule has 4 nitrogen and oxygen atoms in total. The number of hydrogen-bond donors (Lipinski definition) is 1. The molecule has 2 aromatic carbocycles. The van der Waals surface area contributed by atoms with E-state index < -0.39 is 5.60 Å². The molecule has 0 spiro atoms. The Morgan fingerprint density at radius 2 is 1.92 bits per heavy atom. The number of carbonyl (C=O) groups excluding carboxylic acids is 2. The third-order valence-electron chi connectivity index (χ3n) is 3.82. The monoisotopic (exact) mass is 355 g/mol. The fourth-order valence-electron chi connectivity index (χ4n) is 2.66. The molecule has 0 saturated heterocycles. The van der Waals surface area contributed by atoms with Crippen molar-refractivity contribution in [1.29, 1.82) is 0 Å². The van der Waals surface area contributed by atoms with E-state index in [4.69, 9.17) is 16.3 Å². The summed E-state index contributed by atoms with van der Waals surface area (Å²) in [7, 11) is 0. The normalized spacial score (nSPS) is 15.6. The molecule has 0 saturated carbocycles. The summed E-state index contributed by atoms with van der Waals surface area (Å²) in [5, 5.41) is 3.40. The summed E-state index contributed by atoms with van der Waals surface area (Å²) in [6.45, 7) is 3.76. The van der Waals surface area contributed by atoms with Gasteiger partial charge in [-0.3, -0.25) is 9.59 Å². The smallest absolute Gasteiger partial charge is 0.248 e. The van der Waals surface area contributed by atoms with Gasteiger partial charge in [0.2, 0.25) is 5.91 Å². The highest BCUT2D eigenvalue weighted by atomic mass is 35.5. The molecule has 1 aliphatic rings. The highest BCUT2D eigenvalue weighted by Gasteiger charge is 2.32. The van der Waals surface area contributed by atoms with E-state index in [1.165, 1.54) is 6.08 Å². The first-order valence-corrected chi connectivity index (χ1v) is 8.31. The molecule has 25 heavy (non-hydrogen) atoms. The van der Waals surface area contributed by atoms with Gasteiger partial charge in [-0.2, -0.15) is 0 Å². The van der Waals surface area contributed by atoms with Crippen LogP contribution >= 0.6 is 11.6 Å². The van der Waals surface area contributed by atoms with Crippen molar-refractivity contribution >= 4 is 35.1 Å². The second-order valence-corrected chi connectivity index (χ2v) is 6.98. The molecular formula is C20H18ClNO3. The zero-order valence-electron chi connectivity index (χ0n) is 14.0. The molecule has 1 amide bonds. The average Bonchev–Trinajstić information content (AvgIpc) is 2.54. The van der Waals surface area contributed by atoms with Gasteiger partial charge in [-0.1, -0.05) is 23.7 Å². The van der Waals surface area contributed by atoms with E-state index >= 15 is 0 Å². The molecule has 128 valence electrons. The Labute approximate surface area is 151 Å². The standard InChI is InChI=1S/C20H18ClNO3/c1-20(2)12-17(23)16-11-15(8-9-18(16)25-20)22-19(24)10-5-13-3-6-14(21)7-4-13/h3-11H,12H2,1-2H3,(H,22,24)/b10-5+. The van der Waals surface area contributed by atoms with Crippen molar-refractivity contribution in [2.75, 3.05) is 5.32 Å². The van der Waals surface area contributed by atoms with E-state index in [1.807, 2.05) is 26.0 Å². The van der Waals surface area contributed by atoms with Gasteiger partial charge in [-0.15, -0.1) is 0 Å². The Morgan fingerprint density at radius 1 is 1.20 bits per heavy atom. The van der Waals surface area contributed by atoms with Gasteiger partial charge in [0.15, 0.2) is 5.78 Å². The number of amides is 1. The third-order valence-corrected chi connectivity index (χ3v) is 4.07. The molecule has 0 bridgehead atoms. The number of nitrogens with one attached hydrogen (secondary N) is 1. The predicted octanol–water partition coefficient (Wildman–Crippen LogP) is 4.74. The Balaban J connectivity index is 1.71. The van der Waals surface area contributed by atoms with Crippen LogP contribution < -0.4 is 10.1 Å². The molecule has 1 heterocycles. The quantitative estimate of drug-likeness (QED) is 0.809. The van der Waals surface area contributed by atoms with Crippen LogP contribution in [0.3, 0.4) is 0 Å². The first-order chi connectivity index (χ1) is 11.8. The van der Waals surface area contributed by atoms with Crippen LogP contribution in [0.25, 0.3) is 6.08 Å². The second kappa shape index (κ2) is 6.73. The molecule has 0 unspecified atom stereocenters. The minimum Gasteiger partial charge on any atom is -0.487 e. The van der Waals surface area contributed by atoms with Crippen molar-refractivity contribution in [3.8, 4) is 5.75 Å². The van der Waals surface area contributed by atoms with Crippen LogP contribution in [0.2, 0.25) is 5.02 Å². The molecule has 0 atom stereocenters. The van der Waals surface area contributed by atoms with Gasteiger partial charge in [0, 0.05) is 16.8 Å². The van der Waals surface area contributed by atoms with Crippen LogP contribution in [0, 0.1) is 0 Å². The van der Waals surface area contributed by atoms with E-state index in [-0.39, 0.29) is 11.7 Å². The van der Waals surface area contributed by atoms with E-state index in [9.17, 15) is 9.59 Å². The van der Waals surface area contributed by atoms with Crippen LogP contribution in [-0.2, 0) is 4.79 Å². The highest BCUT2D eigenvalue weighted by Crippen LogP contribution is 2.34. The lowest BCUT2D eigenvalue weighted by atomic mass is 9.93. The summed E-state index contributed by atoms with van der Waals surface area (Å²) in [5.74, 6) is 0.286. The number of carbonyl (C=O) groups is 2. The second-order valence-electron chi connectivity index (χ2n) is 6.55. The Bertz CT molecular complexity index is 854. The van der Waals surface area contributed by atoms with Crippen molar-refractivity contribution in [1.82, 2.24) is 0 Å². The van der Waals surface area contributed by atoms with Crippen molar-refractivity contribution < 1.29 is 14.3 Å². The largest absolute Gasteiger partial charge is 0.487 e. The maximum Gasteiger partial charge on any atom is 0.248 e. The number of anilines is 1. The number of ether oxygens (including phenoxy) is 1. The molecule has 0 aliphatic carbocycles. The van der Waals surface area contributed by atoms with E-state index in [1.54, 1.807) is 36.4 Å². The van der Waals surface area contributed by atoms with Crippen molar-refractivity contribution in [2.45, 2.75) is 25.9 Å². The molecule has 0 fully saturated rings. The van der Waals surface area contributed by atoms with Gasteiger partial charge in [0.05, 0.1) is 12.0 Å². The zero-order chi connectivity index (χ0) is 18.0. The Kier molecular flexibility index (Phi) is 4.64. The lowest BCUT2D eigenvalue weighted by Gasteiger charge is -2.31. The SMILES string of the molecule is CC1(C)CC(=O)c2cc(NC(=O)/C=C/c3ccc(Cl)cc3)ccc2O1. The molecule has 1 N–H and O–H groups in total. The molecule has 3 rings (SSSR count). The van der Waals surface area contributed by atoms with Gasteiger partial charge >= 0.3 is 0 Å². The minimum atomic E-state index is -0.504. The van der Waals surface area contributed by atoms with Gasteiger partial charge in [-0.05, 0) is 55.8 Å². The number of Topliss-reactive ketones (excluding diaryl/α,β-unsaturated/α-hetero) is 1. The maximum atomic E-state index is 12.3. The number of rotatable bonds is 3. The first kappa shape index (κ1) is 17.2. The number of hydrogen-bond acceptors (Lipinski definition) is 3. The number of benzene rings is 2. The van der Waals surface area contributed by atoms with E-state index in [2.05, 4.69) is 5.32 Å². The summed E-state index contributed by atoms with van der Waals surface area (Å²) in [4.78, 5) is 24.3. The lowest BCUT2D eigenvalue weighted by Crippen LogP contribution is -2.35. The van der Waals surface area contributed by atoms with Crippen LogP contribution in [0.1, 0.15) is 36.2 Å². The summed E-state index contributed by atoms with van der Waals surface area (Å²) in [6.07, 6.45) is 3.44. The van der Waals surface area contributed by atoms with Crippen molar-refractivity contribution in [2.24, 2.45) is 0 Å². The van der Waals surface area contributed by atoms with Crippen LogP contribution in [0.4, 0.5) is 5.69 Å². The lowest BCUT2D eigenvalue weighted by molar-refractivity contribution is -0.111. The average molecular weight is 356 g/mol. The van der Waals surface area contributed by atoms with Gasteiger partial charge in [0.1, 0.15) is 11.4 Å². The molecule has 0 radical (unpaired) electrons. The fourth-order valence-corrected chi connectivity index (χ4v) is 2.79. The summed E-state index contributed by atoms with van der Waals surface area (Å²) < 4.78 is 5.81. The highest BCUT2D eigenvalue weighted by molar-refractivity contribution is 6.30. The van der Waals surface area contributed by atoms with Gasteiger partial charge in [0.25, 0.3) is 0 Å².